The fourth-order valence-electron chi connectivity index (χ4n) is 6.24. The van der Waals surface area contributed by atoms with E-state index in [1.807, 2.05) is 80.3 Å². The normalized spacial score (nSPS) is 14.1. The molecule has 1 heterocycles. The number of likely N-dealkylation sites (tertiary alicyclic amines) is 1. The maximum atomic E-state index is 14.6. The Morgan fingerprint density at radius 1 is 0.840 bits per heavy atom. The standard InChI is InChI=1S/C40H47N3O7/c1-40(2,3)50-39(46)42-22-20-27(21-23-42)25-41-38(45)36(37(44)29-14-17-31(47-4)18-15-29)43(26-30-16-19-32(48-5)24-35(30)49-6)34-13-9-11-28-10-7-8-12-33(28)34/h7-19,24,27,36H,20-23,25-26H2,1-6H3,(H,41,45). The topological polar surface area (TPSA) is 107 Å². The molecule has 10 heteroatoms. The van der Waals surface area contributed by atoms with Crippen molar-refractivity contribution < 1.29 is 33.3 Å². The van der Waals surface area contributed by atoms with Gasteiger partial charge in [0, 0.05) is 54.4 Å². The number of ether oxygens (including phenoxy) is 4. The zero-order chi connectivity index (χ0) is 35.8. The summed E-state index contributed by atoms with van der Waals surface area (Å²) in [6, 6.07) is 24.9. The lowest BCUT2D eigenvalue weighted by Crippen LogP contribution is -2.53. The van der Waals surface area contributed by atoms with Gasteiger partial charge in [0.25, 0.3) is 5.91 Å². The average Bonchev–Trinajstić information content (AvgIpc) is 3.13. The Morgan fingerprint density at radius 3 is 2.16 bits per heavy atom. The summed E-state index contributed by atoms with van der Waals surface area (Å²) in [5, 5.41) is 5.00. The van der Waals surface area contributed by atoms with Crippen LogP contribution in [0.5, 0.6) is 17.2 Å². The number of carbonyl (C=O) groups is 3. The van der Waals surface area contributed by atoms with Gasteiger partial charge in [0.05, 0.1) is 21.3 Å². The second-order valence-corrected chi connectivity index (χ2v) is 13.5. The predicted molar refractivity (Wildman–Crippen MR) is 194 cm³/mol. The minimum atomic E-state index is -1.23. The number of amides is 2. The summed E-state index contributed by atoms with van der Waals surface area (Å²) in [6.45, 7) is 7.17. The van der Waals surface area contributed by atoms with E-state index in [-0.39, 0.29) is 24.3 Å². The first-order chi connectivity index (χ1) is 24.0. The van der Waals surface area contributed by atoms with Gasteiger partial charge >= 0.3 is 6.09 Å². The van der Waals surface area contributed by atoms with Gasteiger partial charge in [0.2, 0.25) is 0 Å². The second kappa shape index (κ2) is 16.0. The van der Waals surface area contributed by atoms with Crippen molar-refractivity contribution >= 4 is 34.2 Å². The third kappa shape index (κ3) is 8.66. The number of piperidine rings is 1. The van der Waals surface area contributed by atoms with Crippen LogP contribution in [0.1, 0.15) is 49.5 Å². The SMILES string of the molecule is COc1ccc(C(=O)C(C(=O)NCC2CCN(C(=O)OC(C)(C)C)CC2)N(Cc2ccc(OC)cc2OC)c2cccc3ccccc23)cc1. The van der Waals surface area contributed by atoms with E-state index in [9.17, 15) is 14.4 Å². The van der Waals surface area contributed by atoms with E-state index in [0.29, 0.717) is 55.3 Å². The third-order valence-corrected chi connectivity index (χ3v) is 8.93. The van der Waals surface area contributed by atoms with Crippen LogP contribution < -0.4 is 24.4 Å². The minimum absolute atomic E-state index is 0.127. The number of methoxy groups -OCH3 is 3. The molecule has 264 valence electrons. The van der Waals surface area contributed by atoms with Crippen LogP contribution in [0, 0.1) is 5.92 Å². The van der Waals surface area contributed by atoms with Gasteiger partial charge in [-0.2, -0.15) is 0 Å². The predicted octanol–water partition coefficient (Wildman–Crippen LogP) is 6.89. The molecule has 1 atom stereocenters. The highest BCUT2D eigenvalue weighted by molar-refractivity contribution is 6.16. The van der Waals surface area contributed by atoms with E-state index in [1.165, 1.54) is 0 Å². The maximum Gasteiger partial charge on any atom is 0.410 e. The molecule has 1 saturated heterocycles. The molecule has 1 unspecified atom stereocenters. The Labute approximate surface area is 294 Å². The number of fused-ring (bicyclic) bond motifs is 1. The lowest BCUT2D eigenvalue weighted by molar-refractivity contribution is -0.121. The van der Waals surface area contributed by atoms with Crippen molar-refractivity contribution in [3.05, 3.63) is 96.1 Å². The van der Waals surface area contributed by atoms with Gasteiger partial charge in [-0.25, -0.2) is 4.79 Å². The zero-order valence-electron chi connectivity index (χ0n) is 29.7. The first-order valence-electron chi connectivity index (χ1n) is 16.9. The highest BCUT2D eigenvalue weighted by Crippen LogP contribution is 2.34. The number of benzene rings is 4. The van der Waals surface area contributed by atoms with Gasteiger partial charge in [0.1, 0.15) is 22.8 Å². The number of ketones is 1. The number of nitrogens with zero attached hydrogens (tertiary/aromatic N) is 2. The van der Waals surface area contributed by atoms with Crippen molar-refractivity contribution in [2.75, 3.05) is 45.9 Å². The highest BCUT2D eigenvalue weighted by Gasteiger charge is 2.36. The molecule has 1 aliphatic heterocycles. The number of rotatable bonds is 12. The Hall–Kier alpha value is -5.25. The zero-order valence-corrected chi connectivity index (χ0v) is 29.7. The molecule has 10 nitrogen and oxygen atoms in total. The summed E-state index contributed by atoms with van der Waals surface area (Å²) in [4.78, 5) is 45.3. The monoisotopic (exact) mass is 681 g/mol. The quantitative estimate of drug-likeness (QED) is 0.127. The molecule has 0 radical (unpaired) electrons. The molecule has 1 fully saturated rings. The lowest BCUT2D eigenvalue weighted by Gasteiger charge is -2.35. The molecule has 0 bridgehead atoms. The number of hydrogen-bond donors (Lipinski definition) is 1. The lowest BCUT2D eigenvalue weighted by atomic mass is 9.95. The van der Waals surface area contributed by atoms with Crippen LogP contribution in [0.25, 0.3) is 10.8 Å². The second-order valence-electron chi connectivity index (χ2n) is 13.5. The maximum absolute atomic E-state index is 14.6. The van der Waals surface area contributed by atoms with E-state index in [2.05, 4.69) is 5.32 Å². The molecule has 0 saturated carbocycles. The fourth-order valence-corrected chi connectivity index (χ4v) is 6.24. The molecular weight excluding hydrogens is 634 g/mol. The molecule has 2 amide bonds. The number of anilines is 1. The van der Waals surface area contributed by atoms with E-state index >= 15 is 0 Å². The number of carbonyl (C=O) groups excluding carboxylic acids is 3. The minimum Gasteiger partial charge on any atom is -0.497 e. The van der Waals surface area contributed by atoms with Gasteiger partial charge in [-0.1, -0.05) is 36.4 Å². The number of Topliss-reactive ketones (excluding diaryl/α,β-unsaturated/α-hetero) is 1. The van der Waals surface area contributed by atoms with Crippen molar-refractivity contribution in [3.63, 3.8) is 0 Å². The van der Waals surface area contributed by atoms with Crippen molar-refractivity contribution in [2.24, 2.45) is 5.92 Å². The van der Waals surface area contributed by atoms with Crippen molar-refractivity contribution in [2.45, 2.75) is 51.8 Å². The molecule has 4 aromatic carbocycles. The molecule has 0 spiro atoms. The molecule has 50 heavy (non-hydrogen) atoms. The summed E-state index contributed by atoms with van der Waals surface area (Å²) < 4.78 is 22.1. The Balaban J connectivity index is 1.49. The molecular formula is C40H47N3O7. The average molecular weight is 682 g/mol. The third-order valence-electron chi connectivity index (χ3n) is 8.93. The smallest absolute Gasteiger partial charge is 0.410 e. The van der Waals surface area contributed by atoms with Gasteiger partial charge in [0.15, 0.2) is 11.8 Å². The molecule has 5 rings (SSSR count). The van der Waals surface area contributed by atoms with E-state index in [1.54, 1.807) is 56.6 Å². The van der Waals surface area contributed by atoms with Crippen LogP contribution in [0.4, 0.5) is 10.5 Å². The van der Waals surface area contributed by atoms with Crippen molar-refractivity contribution in [1.82, 2.24) is 10.2 Å². The van der Waals surface area contributed by atoms with Crippen LogP contribution >= 0.6 is 0 Å². The van der Waals surface area contributed by atoms with Gasteiger partial charge in [-0.3, -0.25) is 9.59 Å². The number of hydrogen-bond acceptors (Lipinski definition) is 8. The first kappa shape index (κ1) is 36.0. The summed E-state index contributed by atoms with van der Waals surface area (Å²) in [5.41, 5.74) is 1.31. The van der Waals surface area contributed by atoms with Gasteiger partial charge in [-0.05, 0) is 87.4 Å². The summed E-state index contributed by atoms with van der Waals surface area (Å²) in [5.74, 6) is 1.16. The summed E-state index contributed by atoms with van der Waals surface area (Å²) in [6.07, 6.45) is 1.07. The van der Waals surface area contributed by atoms with Crippen LogP contribution in [0.3, 0.4) is 0 Å². The Morgan fingerprint density at radius 2 is 1.50 bits per heavy atom. The van der Waals surface area contributed by atoms with Crippen LogP contribution in [0.15, 0.2) is 84.9 Å². The first-order valence-corrected chi connectivity index (χ1v) is 16.9. The van der Waals surface area contributed by atoms with Gasteiger partial charge < -0.3 is 34.1 Å². The van der Waals surface area contributed by atoms with Crippen molar-refractivity contribution in [3.8, 4) is 17.2 Å². The van der Waals surface area contributed by atoms with Crippen LogP contribution in [-0.2, 0) is 16.1 Å². The molecule has 0 aliphatic carbocycles. The van der Waals surface area contributed by atoms with Gasteiger partial charge in [-0.15, -0.1) is 0 Å². The largest absolute Gasteiger partial charge is 0.497 e. The molecule has 4 aromatic rings. The van der Waals surface area contributed by atoms with E-state index < -0.39 is 17.6 Å². The fraction of sp³-hybridized carbons (Fsp3) is 0.375. The van der Waals surface area contributed by atoms with E-state index in [0.717, 1.165) is 22.0 Å². The van der Waals surface area contributed by atoms with E-state index in [4.69, 9.17) is 18.9 Å². The Kier molecular flexibility index (Phi) is 11.5. The molecule has 1 N–H and O–H groups in total. The summed E-state index contributed by atoms with van der Waals surface area (Å²) >= 11 is 0. The summed E-state index contributed by atoms with van der Waals surface area (Å²) in [7, 11) is 4.74. The van der Waals surface area contributed by atoms with Crippen LogP contribution in [-0.4, -0.2) is 75.3 Å². The highest BCUT2D eigenvalue weighted by atomic mass is 16.6. The Bertz CT molecular complexity index is 1790. The molecule has 1 aliphatic rings. The molecule has 0 aromatic heterocycles. The van der Waals surface area contributed by atoms with Crippen LogP contribution in [0.2, 0.25) is 0 Å². The number of nitrogens with one attached hydrogen (secondary N) is 1. The van der Waals surface area contributed by atoms with Crippen molar-refractivity contribution in [1.29, 1.82) is 0 Å².